The van der Waals surface area contributed by atoms with Gasteiger partial charge in [0.05, 0.1) is 52.4 Å². The van der Waals surface area contributed by atoms with E-state index in [0.717, 1.165) is 52.4 Å². The van der Waals surface area contributed by atoms with E-state index in [2.05, 4.69) is 138 Å². The predicted octanol–water partition coefficient (Wildman–Crippen LogP) is 2.59. The van der Waals surface area contributed by atoms with Crippen LogP contribution < -0.4 is 0 Å². The Bertz CT molecular complexity index is 2750. The molecule has 0 aliphatic heterocycles. The summed E-state index contributed by atoms with van der Waals surface area (Å²) in [6, 6.07) is 49.7. The van der Waals surface area contributed by atoms with Crippen LogP contribution in [0.2, 0.25) is 0 Å². The molecule has 77 heteroatoms. The molecule has 0 atom stereocenters. The van der Waals surface area contributed by atoms with Gasteiger partial charge in [-0.15, -0.1) is 0 Å². The molecule has 0 aliphatic carbocycles. The third-order valence-corrected chi connectivity index (χ3v) is 11.3. The molecule has 0 saturated heterocycles. The molecule has 8 N–H and O–H groups in total. The van der Waals surface area contributed by atoms with Crippen molar-refractivity contribution in [3.8, 4) is 0 Å². The minimum atomic E-state index is 0. The van der Waals surface area contributed by atoms with Gasteiger partial charge in [0.1, 0.15) is 0 Å². The number of hydrogen-bond acceptors (Lipinski definition) is 16. The van der Waals surface area contributed by atoms with Gasteiger partial charge in [-0.25, -0.2) is 0 Å². The summed E-state index contributed by atoms with van der Waals surface area (Å²) >= 11 is 0. The van der Waals surface area contributed by atoms with Crippen LogP contribution in [0.4, 0.5) is 0 Å². The van der Waals surface area contributed by atoms with Gasteiger partial charge >= 0.3 is 85.9 Å². The zero-order chi connectivity index (χ0) is 48.8. The van der Waals surface area contributed by atoms with E-state index in [1.54, 1.807) is 49.6 Å². The molecular formula is C56H64Cu4GeMo12N16O44-68. The van der Waals surface area contributed by atoms with Crippen molar-refractivity contribution in [2.45, 2.75) is 52.4 Å². The molecule has 12 aromatic rings. The zero-order valence-electron chi connectivity index (χ0n) is 64.8. The SMILES string of the molecule is [Cu+2].[Cu+2].[Cu+2].[Cu+2].[Ge+4].[Mo].[Mo].[Mo].[Mo].[Mo].[Mo].[Mo].[Mo].[Mo].[Mo].[Mo].[Mo].[O-2].[O-2].[O-2].[O-2].[O-2].[O-2].[O-2].[O-2].[O-2].[O-2].[O-2].[O-2].[O-2].[O-2].[O-2].[O-2].[O-2].[O-2].[O-2].[O-2].[O-2].[O-2].[O-2].[O-2].[O-2].[O-2].[O-2].[O-2].[O-2].[O-2].[O-2].[O-2].[O-2].[O-2].[O-2].[O-2].[OH-].[OH-].[OH-].[OH-].[OH-].[OH-].[OH-].[OH-].c1cnn(Cc2ccc(Cn3cccn3)cc2)c1.c1cnn(Cc2ccc(Cn3cccn3)cc2)c1.c1cnn(Cc2ccc(Cn3cccn3)cc2)c1.c1cnn(Cc2ccc(Cn3cccn3)cc2)c1. The van der Waals surface area contributed by atoms with Gasteiger partial charge in [-0.1, -0.05) is 97.1 Å². The van der Waals surface area contributed by atoms with Crippen LogP contribution in [0.25, 0.3) is 0 Å². The van der Waals surface area contributed by atoms with Crippen molar-refractivity contribution >= 4 is 17.6 Å². The molecule has 8 aromatic heterocycles. The molecule has 133 heavy (non-hydrogen) atoms. The van der Waals surface area contributed by atoms with Gasteiger partial charge in [0, 0.05) is 352 Å². The molecule has 0 unspecified atom stereocenters. The molecule has 12 rings (SSSR count). The fraction of sp³-hybridized carbons (Fsp3) is 0.143. The topological polar surface area (TPSA) is 1410 Å². The summed E-state index contributed by atoms with van der Waals surface area (Å²) < 4.78 is 15.4. The molecule has 0 saturated carbocycles. The van der Waals surface area contributed by atoms with Crippen LogP contribution in [0.5, 0.6) is 0 Å². The van der Waals surface area contributed by atoms with Crippen molar-refractivity contribution in [2.24, 2.45) is 0 Å². The van der Waals surface area contributed by atoms with Crippen LogP contribution in [0.3, 0.4) is 0 Å². The Balaban J connectivity index is -0.0000000109. The maximum absolute atomic E-state index is 4.20. The summed E-state index contributed by atoms with van der Waals surface area (Å²) in [6.45, 7) is 6.52. The number of nitrogens with zero attached hydrogens (tertiary/aromatic N) is 16. The fourth-order valence-electron chi connectivity index (χ4n) is 7.65. The smallest absolute Gasteiger partial charge is 2.00 e. The number of rotatable bonds is 16. The molecule has 4 radical (unpaired) electrons. The number of hydrogen-bond donors (Lipinski definition) is 0. The minimum absolute atomic E-state index is 0. The van der Waals surface area contributed by atoms with E-state index in [9.17, 15) is 0 Å². The average molecular weight is 3140 g/mol. The maximum atomic E-state index is 4.20. The van der Waals surface area contributed by atoms with E-state index < -0.39 is 0 Å². The molecule has 4 aromatic carbocycles. The molecule has 0 fully saturated rings. The van der Waals surface area contributed by atoms with E-state index in [1.807, 2.05) is 136 Å². The maximum Gasteiger partial charge on any atom is 4.00 e. The van der Waals surface area contributed by atoms with Gasteiger partial charge in [-0.05, 0) is 93.0 Å². The van der Waals surface area contributed by atoms with Crippen LogP contribution >= 0.6 is 0 Å². The van der Waals surface area contributed by atoms with Gasteiger partial charge in [-0.3, -0.25) is 37.5 Å². The molecule has 8 heterocycles. The Labute approximate surface area is 987 Å². The summed E-state index contributed by atoms with van der Waals surface area (Å²) in [5, 5.41) is 33.6. The van der Waals surface area contributed by atoms with Crippen LogP contribution in [-0.4, -0.2) is 140 Å². The Morgan fingerprint density at radius 1 is 0.135 bits per heavy atom. The summed E-state index contributed by atoms with van der Waals surface area (Å²) in [5.41, 5.74) is 10.0. The Morgan fingerprint density at radius 3 is 0.241 bits per heavy atom. The van der Waals surface area contributed by atoms with Gasteiger partial charge in [-0.2, -0.15) is 40.8 Å². The molecule has 0 amide bonds. The largest absolute Gasteiger partial charge is 4.00 e. The second-order valence-electron chi connectivity index (χ2n) is 16.9. The second-order valence-corrected chi connectivity index (χ2v) is 16.9. The molecule has 0 spiro atoms. The van der Waals surface area contributed by atoms with Gasteiger partial charge in [0.15, 0.2) is 0 Å². The normalized spacial score (nSPS) is 5.77. The van der Waals surface area contributed by atoms with Crippen molar-refractivity contribution in [2.75, 3.05) is 0 Å². The van der Waals surface area contributed by atoms with E-state index in [4.69, 9.17) is 0 Å². The first-order valence-electron chi connectivity index (χ1n) is 23.7. The standard InChI is InChI=1S/4C14H14N4.4Cu.Ge.12Mo.8H2O.36O/c4*1-7-15-17(9-1)11-13-3-5-14(6-4-13)12-18-10-2-8-16-18;;;;;;;;;;;;;;;;;;;;;;;;;;;;;;;;;;;;;;;;;;;;;;;;;;;;;;;;;;;;;/h4*1-10H,11-12H2;;;;;;;;;;;;;;;;;;8*1H2;;;;;;;;;;;;;;;;;;;;;;;;;;;;;;;;;;;;/q;;;;4*+2;+4;;;;;;;;;;;;;;;;;;;;;36*-2/p-8. The van der Waals surface area contributed by atoms with Crippen LogP contribution in [0, 0.1) is 0 Å². The third-order valence-electron chi connectivity index (χ3n) is 11.3. The Kier molecular flexibility index (Phi) is 570. The van der Waals surface area contributed by atoms with E-state index in [-0.39, 0.29) is 580 Å². The average Bonchev–Trinajstić information content (AvgIpc) is 1.86. The third kappa shape index (κ3) is 136. The monoisotopic (exact) mass is 3160 g/mol. The molecular weight excluding hydrogens is 3080 g/mol. The van der Waals surface area contributed by atoms with Crippen molar-refractivity contribution in [1.29, 1.82) is 0 Å². The Hall–Kier alpha value is -0.319. The molecule has 0 bridgehead atoms. The van der Waals surface area contributed by atoms with Crippen molar-refractivity contribution in [3.05, 3.63) is 289 Å². The summed E-state index contributed by atoms with van der Waals surface area (Å²) in [5.74, 6) is 0. The van der Waals surface area contributed by atoms with Crippen LogP contribution in [-0.2, 0) is 571 Å². The van der Waals surface area contributed by atoms with Crippen LogP contribution in [0.1, 0.15) is 44.5 Å². The Morgan fingerprint density at radius 2 is 0.195 bits per heavy atom. The van der Waals surface area contributed by atoms with E-state index in [0.29, 0.717) is 0 Å². The summed E-state index contributed by atoms with van der Waals surface area (Å²) in [6.07, 6.45) is 30.1. The quantitative estimate of drug-likeness (QED) is 0.125. The first-order chi connectivity index (χ1) is 35.6. The molecule has 820 valence electrons. The van der Waals surface area contributed by atoms with Gasteiger partial charge in [0.25, 0.3) is 0 Å². The van der Waals surface area contributed by atoms with Crippen molar-refractivity contribution < 1.29 is 562 Å². The number of benzene rings is 4. The molecule has 60 nitrogen and oxygen atoms in total. The first kappa shape index (κ1) is 362. The van der Waals surface area contributed by atoms with Crippen LogP contribution in [0.15, 0.2) is 245 Å². The molecule has 0 aliphatic rings. The van der Waals surface area contributed by atoms with Gasteiger partial charge < -0.3 is 241 Å². The van der Waals surface area contributed by atoms with E-state index >= 15 is 0 Å². The minimum Gasteiger partial charge on any atom is -2.00 e. The fourth-order valence-corrected chi connectivity index (χ4v) is 7.65. The summed E-state index contributed by atoms with van der Waals surface area (Å²) in [7, 11) is 0. The van der Waals surface area contributed by atoms with E-state index in [1.165, 1.54) is 44.5 Å². The number of aromatic nitrogens is 16. The van der Waals surface area contributed by atoms with Gasteiger partial charge in [0.2, 0.25) is 0 Å². The second kappa shape index (κ2) is 209. The summed E-state index contributed by atoms with van der Waals surface area (Å²) in [4.78, 5) is 0. The van der Waals surface area contributed by atoms with Crippen molar-refractivity contribution in [3.63, 3.8) is 0 Å². The predicted molar refractivity (Wildman–Crippen MR) is 322 cm³/mol. The first-order valence-corrected chi connectivity index (χ1v) is 23.7. The van der Waals surface area contributed by atoms with Crippen molar-refractivity contribution in [1.82, 2.24) is 78.2 Å². The zero-order valence-corrected chi connectivity index (χ0v) is 94.7.